The summed E-state index contributed by atoms with van der Waals surface area (Å²) in [7, 11) is 0. The van der Waals surface area contributed by atoms with Crippen LogP contribution in [0.15, 0.2) is 22.9 Å². The first-order valence-corrected chi connectivity index (χ1v) is 8.36. The molecule has 0 saturated carbocycles. The summed E-state index contributed by atoms with van der Waals surface area (Å²) in [5.74, 6) is 0. The van der Waals surface area contributed by atoms with Gasteiger partial charge in [0.05, 0.1) is 0 Å². The normalized spacial score (nSPS) is 20.0. The predicted molar refractivity (Wildman–Crippen MR) is 89.6 cm³/mol. The monoisotopic (exact) mass is 369 g/mol. The van der Waals surface area contributed by atoms with Gasteiger partial charge in [-0.25, -0.2) is 9.78 Å². The lowest BCUT2D eigenvalue weighted by atomic mass is 10.1. The van der Waals surface area contributed by atoms with Crippen LogP contribution in [0.25, 0.3) is 0 Å². The summed E-state index contributed by atoms with van der Waals surface area (Å²) >= 11 is 3.40. The smallest absolute Gasteiger partial charge is 0.410 e. The molecule has 5 nitrogen and oxygen atoms in total. The molecule has 6 heteroatoms. The van der Waals surface area contributed by atoms with Crippen molar-refractivity contribution < 1.29 is 9.53 Å². The molecule has 0 spiro atoms. The molecule has 1 saturated heterocycles. The van der Waals surface area contributed by atoms with Crippen molar-refractivity contribution in [3.05, 3.63) is 28.5 Å². The first-order valence-electron chi connectivity index (χ1n) is 7.57. The molecule has 22 heavy (non-hydrogen) atoms. The lowest BCUT2D eigenvalue weighted by Crippen LogP contribution is -2.54. The van der Waals surface area contributed by atoms with E-state index >= 15 is 0 Å². The van der Waals surface area contributed by atoms with Crippen molar-refractivity contribution in [2.24, 2.45) is 0 Å². The Morgan fingerprint density at radius 2 is 2.18 bits per heavy atom. The SMILES string of the molecule is C[C@@H]1CN(Cc2ccnc(Br)c2)CCN1C(=O)OC(C)(C)C. The van der Waals surface area contributed by atoms with Crippen LogP contribution in [0.5, 0.6) is 0 Å². The van der Waals surface area contributed by atoms with Gasteiger partial charge in [0, 0.05) is 38.4 Å². The maximum Gasteiger partial charge on any atom is 0.410 e. The van der Waals surface area contributed by atoms with Crippen molar-refractivity contribution in [2.45, 2.75) is 45.9 Å². The number of ether oxygens (including phenoxy) is 1. The molecule has 1 aliphatic heterocycles. The number of pyridine rings is 1. The Morgan fingerprint density at radius 1 is 1.45 bits per heavy atom. The van der Waals surface area contributed by atoms with Gasteiger partial charge >= 0.3 is 6.09 Å². The zero-order valence-corrected chi connectivity index (χ0v) is 15.3. The van der Waals surface area contributed by atoms with Crippen LogP contribution < -0.4 is 0 Å². The van der Waals surface area contributed by atoms with Crippen LogP contribution >= 0.6 is 15.9 Å². The Bertz CT molecular complexity index is 530. The maximum atomic E-state index is 12.2. The summed E-state index contributed by atoms with van der Waals surface area (Å²) in [5, 5.41) is 0. The number of rotatable bonds is 2. The van der Waals surface area contributed by atoms with Crippen LogP contribution in [0, 0.1) is 0 Å². The van der Waals surface area contributed by atoms with E-state index in [1.165, 1.54) is 5.56 Å². The van der Waals surface area contributed by atoms with E-state index < -0.39 is 5.60 Å². The Balaban J connectivity index is 1.91. The Kier molecular flexibility index (Phi) is 5.45. The quantitative estimate of drug-likeness (QED) is 0.750. The number of aromatic nitrogens is 1. The van der Waals surface area contributed by atoms with Crippen LogP contribution in [0.2, 0.25) is 0 Å². The number of hydrogen-bond donors (Lipinski definition) is 0. The van der Waals surface area contributed by atoms with Crippen molar-refractivity contribution in [1.82, 2.24) is 14.8 Å². The third-order valence-corrected chi connectivity index (χ3v) is 3.97. The lowest BCUT2D eigenvalue weighted by molar-refractivity contribution is 0.000560. The Labute approximate surface area is 140 Å². The number of nitrogens with zero attached hydrogens (tertiary/aromatic N) is 3. The van der Waals surface area contributed by atoms with Crippen molar-refractivity contribution in [3.63, 3.8) is 0 Å². The summed E-state index contributed by atoms with van der Waals surface area (Å²) in [6.07, 6.45) is 1.59. The molecule has 1 amide bonds. The summed E-state index contributed by atoms with van der Waals surface area (Å²) in [4.78, 5) is 20.5. The molecule has 1 fully saturated rings. The van der Waals surface area contributed by atoms with Gasteiger partial charge < -0.3 is 9.64 Å². The van der Waals surface area contributed by atoms with Crippen LogP contribution in [0.3, 0.4) is 0 Å². The molecule has 1 aromatic heterocycles. The second kappa shape index (κ2) is 6.96. The molecule has 2 heterocycles. The summed E-state index contributed by atoms with van der Waals surface area (Å²) in [6, 6.07) is 4.20. The molecule has 122 valence electrons. The topological polar surface area (TPSA) is 45.7 Å². The molecule has 2 rings (SSSR count). The van der Waals surface area contributed by atoms with Gasteiger partial charge in [-0.1, -0.05) is 0 Å². The molecule has 0 N–H and O–H groups in total. The highest BCUT2D eigenvalue weighted by Gasteiger charge is 2.30. The average molecular weight is 370 g/mol. The van der Waals surface area contributed by atoms with Gasteiger partial charge in [0.15, 0.2) is 0 Å². The molecular weight excluding hydrogens is 346 g/mol. The molecule has 0 aliphatic carbocycles. The maximum absolute atomic E-state index is 12.2. The third-order valence-electron chi connectivity index (χ3n) is 3.54. The van der Waals surface area contributed by atoms with Crippen molar-refractivity contribution in [3.8, 4) is 0 Å². The molecule has 0 bridgehead atoms. The molecule has 0 aromatic carbocycles. The molecular formula is C16H24BrN3O2. The number of carbonyl (C=O) groups excluding carboxylic acids is 1. The Morgan fingerprint density at radius 3 is 2.77 bits per heavy atom. The van der Waals surface area contributed by atoms with Gasteiger partial charge in [-0.3, -0.25) is 4.90 Å². The highest BCUT2D eigenvalue weighted by Crippen LogP contribution is 2.18. The highest BCUT2D eigenvalue weighted by molar-refractivity contribution is 9.10. The molecule has 0 unspecified atom stereocenters. The minimum Gasteiger partial charge on any atom is -0.444 e. The summed E-state index contributed by atoms with van der Waals surface area (Å²) < 4.78 is 6.32. The number of piperazine rings is 1. The summed E-state index contributed by atoms with van der Waals surface area (Å²) in [5.41, 5.74) is 0.775. The molecule has 1 atom stereocenters. The lowest BCUT2D eigenvalue weighted by Gasteiger charge is -2.40. The predicted octanol–water partition coefficient (Wildman–Crippen LogP) is 3.29. The van der Waals surface area contributed by atoms with Gasteiger partial charge in [-0.2, -0.15) is 0 Å². The van der Waals surface area contributed by atoms with Gasteiger partial charge in [-0.15, -0.1) is 0 Å². The van der Waals surface area contributed by atoms with Gasteiger partial charge in [-0.05, 0) is 61.3 Å². The van der Waals surface area contributed by atoms with E-state index in [0.717, 1.165) is 24.2 Å². The van der Waals surface area contributed by atoms with Crippen LogP contribution in [0.1, 0.15) is 33.3 Å². The van der Waals surface area contributed by atoms with Crippen molar-refractivity contribution >= 4 is 22.0 Å². The first kappa shape index (κ1) is 17.2. The number of hydrogen-bond acceptors (Lipinski definition) is 4. The minimum atomic E-state index is -0.447. The fourth-order valence-corrected chi connectivity index (χ4v) is 2.98. The van der Waals surface area contributed by atoms with Crippen LogP contribution in [-0.4, -0.2) is 52.2 Å². The van der Waals surface area contributed by atoms with E-state index in [4.69, 9.17) is 4.74 Å². The second-order valence-electron chi connectivity index (χ2n) is 6.74. The minimum absolute atomic E-state index is 0.147. The fraction of sp³-hybridized carbons (Fsp3) is 0.625. The largest absolute Gasteiger partial charge is 0.444 e. The standard InChI is InChI=1S/C16H24BrN3O2/c1-12-10-19(11-13-5-6-18-14(17)9-13)7-8-20(12)15(21)22-16(2,3)4/h5-6,9,12H,7-8,10-11H2,1-4H3/t12-/m1/s1. The Hall–Kier alpha value is -1.14. The second-order valence-corrected chi connectivity index (χ2v) is 7.56. The van der Waals surface area contributed by atoms with E-state index in [0.29, 0.717) is 6.54 Å². The third kappa shape index (κ3) is 4.95. The van der Waals surface area contributed by atoms with E-state index in [2.05, 4.69) is 32.7 Å². The average Bonchev–Trinajstić information content (AvgIpc) is 2.36. The zero-order chi connectivity index (χ0) is 16.3. The number of halogens is 1. The molecule has 1 aromatic rings. The van der Waals surface area contributed by atoms with E-state index in [1.54, 1.807) is 6.20 Å². The molecule has 0 radical (unpaired) electrons. The van der Waals surface area contributed by atoms with Crippen LogP contribution in [0.4, 0.5) is 4.79 Å². The number of amides is 1. The van der Waals surface area contributed by atoms with Crippen molar-refractivity contribution in [1.29, 1.82) is 0 Å². The van der Waals surface area contributed by atoms with Gasteiger partial charge in [0.1, 0.15) is 10.2 Å². The van der Waals surface area contributed by atoms with Gasteiger partial charge in [0.25, 0.3) is 0 Å². The summed E-state index contributed by atoms with van der Waals surface area (Å²) in [6.45, 7) is 11.0. The number of carbonyl (C=O) groups is 1. The van der Waals surface area contributed by atoms with E-state index in [-0.39, 0.29) is 12.1 Å². The van der Waals surface area contributed by atoms with E-state index in [1.807, 2.05) is 37.8 Å². The van der Waals surface area contributed by atoms with Crippen molar-refractivity contribution in [2.75, 3.05) is 19.6 Å². The highest BCUT2D eigenvalue weighted by atomic mass is 79.9. The van der Waals surface area contributed by atoms with Gasteiger partial charge in [0.2, 0.25) is 0 Å². The zero-order valence-electron chi connectivity index (χ0n) is 13.7. The fourth-order valence-electron chi connectivity index (χ4n) is 2.57. The van der Waals surface area contributed by atoms with E-state index in [9.17, 15) is 4.79 Å². The van der Waals surface area contributed by atoms with Crippen LogP contribution in [-0.2, 0) is 11.3 Å². The first-order chi connectivity index (χ1) is 10.2. The molecule has 1 aliphatic rings.